The van der Waals surface area contributed by atoms with E-state index in [0.717, 1.165) is 0 Å². The zero-order chi connectivity index (χ0) is 11.0. The molecule has 78 valence electrons. The molecule has 0 spiro atoms. The Labute approximate surface area is 91.3 Å². The fourth-order valence-corrected chi connectivity index (χ4v) is 1.63. The Hall–Kier alpha value is -1.55. The molecule has 0 fully saturated rings. The highest BCUT2D eigenvalue weighted by Crippen LogP contribution is 2.25. The Morgan fingerprint density at radius 1 is 1.47 bits per heavy atom. The molecule has 0 unspecified atom stereocenters. The summed E-state index contributed by atoms with van der Waals surface area (Å²) in [6, 6.07) is 6.10. The minimum absolute atomic E-state index is 0.185. The summed E-state index contributed by atoms with van der Waals surface area (Å²) in [5.41, 5.74) is 6.59. The molecule has 0 amide bonds. The first-order chi connectivity index (χ1) is 7.09. The third-order valence-electron chi connectivity index (χ3n) is 2.01. The summed E-state index contributed by atoms with van der Waals surface area (Å²) >= 11 is 5.89. The van der Waals surface area contributed by atoms with Gasteiger partial charge in [-0.2, -0.15) is 5.10 Å². The lowest BCUT2D eigenvalue weighted by Crippen LogP contribution is -2.04. The predicted octanol–water partition coefficient (Wildman–Crippen LogP) is 2.56. The third-order valence-corrected chi connectivity index (χ3v) is 2.31. The second-order valence-corrected chi connectivity index (χ2v) is 3.60. The van der Waals surface area contributed by atoms with Gasteiger partial charge in [0.15, 0.2) is 0 Å². The number of nitrogens with zero attached hydrogens (tertiary/aromatic N) is 2. The molecular formula is C10H9ClFN3. The number of hydrogen-bond acceptors (Lipinski definition) is 2. The average molecular weight is 226 g/mol. The van der Waals surface area contributed by atoms with E-state index in [-0.39, 0.29) is 10.7 Å². The number of benzene rings is 1. The number of nitrogens with two attached hydrogens (primary N) is 1. The first-order valence-corrected chi connectivity index (χ1v) is 4.74. The van der Waals surface area contributed by atoms with Crippen molar-refractivity contribution in [2.75, 3.05) is 5.73 Å². The number of hydrogen-bond donors (Lipinski definition) is 1. The molecule has 0 atom stereocenters. The molecule has 0 bridgehead atoms. The number of rotatable bonds is 1. The Morgan fingerprint density at radius 2 is 2.20 bits per heavy atom. The lowest BCUT2D eigenvalue weighted by molar-refractivity contribution is 0.611. The van der Waals surface area contributed by atoms with Crippen LogP contribution in [0, 0.1) is 12.7 Å². The van der Waals surface area contributed by atoms with E-state index < -0.39 is 5.82 Å². The molecule has 5 heteroatoms. The maximum Gasteiger partial charge on any atom is 0.150 e. The van der Waals surface area contributed by atoms with Gasteiger partial charge in [-0.05, 0) is 19.1 Å². The molecule has 0 saturated heterocycles. The van der Waals surface area contributed by atoms with E-state index in [1.54, 1.807) is 19.1 Å². The van der Waals surface area contributed by atoms with Gasteiger partial charge in [0.1, 0.15) is 17.3 Å². The van der Waals surface area contributed by atoms with E-state index in [0.29, 0.717) is 11.5 Å². The van der Waals surface area contributed by atoms with Crippen LogP contribution in [0.15, 0.2) is 24.3 Å². The molecule has 3 nitrogen and oxygen atoms in total. The standard InChI is InChI=1S/C10H9ClFN3/c1-6-5-9(13)15(14-6)10-7(11)3-2-4-8(10)12/h2-5H,13H2,1H3. The Balaban J connectivity index is 2.68. The number of nitrogen functional groups attached to an aromatic ring is 1. The normalized spacial score (nSPS) is 10.6. The minimum atomic E-state index is -0.447. The molecule has 1 heterocycles. The SMILES string of the molecule is Cc1cc(N)n(-c2c(F)cccc2Cl)n1. The summed E-state index contributed by atoms with van der Waals surface area (Å²) in [4.78, 5) is 0. The van der Waals surface area contributed by atoms with E-state index in [9.17, 15) is 4.39 Å². The van der Waals surface area contributed by atoms with Gasteiger partial charge in [0.05, 0.1) is 10.7 Å². The van der Waals surface area contributed by atoms with Crippen molar-refractivity contribution < 1.29 is 4.39 Å². The van der Waals surface area contributed by atoms with Crippen molar-refractivity contribution >= 4 is 17.4 Å². The maximum absolute atomic E-state index is 13.5. The van der Waals surface area contributed by atoms with Gasteiger partial charge in [-0.1, -0.05) is 17.7 Å². The first-order valence-electron chi connectivity index (χ1n) is 4.36. The van der Waals surface area contributed by atoms with Gasteiger partial charge in [-0.3, -0.25) is 0 Å². The fraction of sp³-hybridized carbons (Fsp3) is 0.100. The molecule has 2 rings (SSSR count). The summed E-state index contributed by atoms with van der Waals surface area (Å²) < 4.78 is 14.8. The van der Waals surface area contributed by atoms with E-state index in [2.05, 4.69) is 5.10 Å². The van der Waals surface area contributed by atoms with Crippen LogP contribution in [0.3, 0.4) is 0 Å². The summed E-state index contributed by atoms with van der Waals surface area (Å²) in [5.74, 6) is -0.0863. The van der Waals surface area contributed by atoms with Crippen LogP contribution < -0.4 is 5.73 Å². The van der Waals surface area contributed by atoms with Crippen LogP contribution in [0.5, 0.6) is 0 Å². The van der Waals surface area contributed by atoms with Crippen molar-refractivity contribution in [3.63, 3.8) is 0 Å². The number of halogens is 2. The second kappa shape index (κ2) is 3.55. The lowest BCUT2D eigenvalue weighted by atomic mass is 10.3. The molecular weight excluding hydrogens is 217 g/mol. The zero-order valence-corrected chi connectivity index (χ0v) is 8.79. The molecule has 2 N–H and O–H groups in total. The Bertz CT molecular complexity index is 487. The third kappa shape index (κ3) is 1.68. The molecule has 1 aromatic carbocycles. The molecule has 0 radical (unpaired) electrons. The number of anilines is 1. The Kier molecular flexibility index (Phi) is 2.36. The Morgan fingerprint density at radius 3 is 2.73 bits per heavy atom. The van der Waals surface area contributed by atoms with Gasteiger partial charge >= 0.3 is 0 Å². The van der Waals surface area contributed by atoms with Crippen LogP contribution in [-0.4, -0.2) is 9.78 Å². The van der Waals surface area contributed by atoms with Crippen molar-refractivity contribution in [2.24, 2.45) is 0 Å². The molecule has 2 aromatic rings. The number of aryl methyl sites for hydroxylation is 1. The smallest absolute Gasteiger partial charge is 0.150 e. The minimum Gasteiger partial charge on any atom is -0.384 e. The molecule has 0 aliphatic carbocycles. The van der Waals surface area contributed by atoms with Crippen molar-refractivity contribution in [2.45, 2.75) is 6.92 Å². The van der Waals surface area contributed by atoms with Gasteiger partial charge in [0.2, 0.25) is 0 Å². The van der Waals surface area contributed by atoms with E-state index >= 15 is 0 Å². The van der Waals surface area contributed by atoms with Gasteiger partial charge in [0.25, 0.3) is 0 Å². The van der Waals surface area contributed by atoms with E-state index in [1.807, 2.05) is 0 Å². The number of aromatic nitrogens is 2. The number of para-hydroxylation sites is 1. The van der Waals surface area contributed by atoms with Crippen LogP contribution in [0.25, 0.3) is 5.69 Å². The highest BCUT2D eigenvalue weighted by Gasteiger charge is 2.12. The highest BCUT2D eigenvalue weighted by molar-refractivity contribution is 6.32. The first kappa shape index (κ1) is 9.98. The lowest BCUT2D eigenvalue weighted by Gasteiger charge is -2.07. The van der Waals surface area contributed by atoms with Gasteiger partial charge in [-0.15, -0.1) is 0 Å². The van der Waals surface area contributed by atoms with Crippen LogP contribution in [0.1, 0.15) is 5.69 Å². The monoisotopic (exact) mass is 225 g/mol. The fourth-order valence-electron chi connectivity index (χ4n) is 1.39. The molecule has 1 aromatic heterocycles. The van der Waals surface area contributed by atoms with E-state index in [4.69, 9.17) is 17.3 Å². The highest BCUT2D eigenvalue weighted by atomic mass is 35.5. The maximum atomic E-state index is 13.5. The largest absolute Gasteiger partial charge is 0.384 e. The van der Waals surface area contributed by atoms with Crippen molar-refractivity contribution in [1.29, 1.82) is 0 Å². The molecule has 0 saturated carbocycles. The summed E-state index contributed by atoms with van der Waals surface area (Å²) in [7, 11) is 0. The van der Waals surface area contributed by atoms with Crippen molar-refractivity contribution in [3.8, 4) is 5.69 Å². The second-order valence-electron chi connectivity index (χ2n) is 3.19. The van der Waals surface area contributed by atoms with Crippen LogP contribution in [0.2, 0.25) is 5.02 Å². The van der Waals surface area contributed by atoms with Crippen LogP contribution in [-0.2, 0) is 0 Å². The van der Waals surface area contributed by atoms with Crippen LogP contribution in [0.4, 0.5) is 10.2 Å². The van der Waals surface area contributed by atoms with Gasteiger partial charge in [-0.25, -0.2) is 9.07 Å². The zero-order valence-electron chi connectivity index (χ0n) is 8.04. The molecule has 0 aliphatic heterocycles. The summed E-state index contributed by atoms with van der Waals surface area (Å²) in [6.07, 6.45) is 0. The van der Waals surface area contributed by atoms with Gasteiger partial charge in [0, 0.05) is 6.07 Å². The van der Waals surface area contributed by atoms with Crippen molar-refractivity contribution in [1.82, 2.24) is 9.78 Å². The topological polar surface area (TPSA) is 43.8 Å². The predicted molar refractivity (Wildman–Crippen MR) is 57.7 cm³/mol. The summed E-state index contributed by atoms with van der Waals surface area (Å²) in [5, 5.41) is 4.35. The molecule has 0 aliphatic rings. The summed E-state index contributed by atoms with van der Waals surface area (Å²) in [6.45, 7) is 1.78. The van der Waals surface area contributed by atoms with Gasteiger partial charge < -0.3 is 5.73 Å². The van der Waals surface area contributed by atoms with Crippen LogP contribution >= 0.6 is 11.6 Å². The molecule has 15 heavy (non-hydrogen) atoms. The quantitative estimate of drug-likeness (QED) is 0.811. The van der Waals surface area contributed by atoms with Crippen molar-refractivity contribution in [3.05, 3.63) is 40.8 Å². The van der Waals surface area contributed by atoms with E-state index in [1.165, 1.54) is 16.8 Å². The average Bonchev–Trinajstić information content (AvgIpc) is 2.45.